The summed E-state index contributed by atoms with van der Waals surface area (Å²) in [6, 6.07) is 0.625. The van der Waals surface area contributed by atoms with Crippen LogP contribution in [0.3, 0.4) is 0 Å². The number of nitrogens with one attached hydrogen (secondary N) is 4. The molecule has 0 spiro atoms. The number of methoxy groups -OCH3 is 1. The van der Waals surface area contributed by atoms with Crippen LogP contribution in [-0.2, 0) is 9.53 Å². The van der Waals surface area contributed by atoms with Crippen LogP contribution in [0, 0.1) is 11.8 Å². The topological polar surface area (TPSA) is 77.7 Å². The van der Waals surface area contributed by atoms with Gasteiger partial charge in [0.25, 0.3) is 0 Å². The van der Waals surface area contributed by atoms with Gasteiger partial charge in [0.05, 0.1) is 24.9 Å². The summed E-state index contributed by atoms with van der Waals surface area (Å²) in [5.74, 6) is 1.56. The molecule has 1 amide bonds. The van der Waals surface area contributed by atoms with Crippen molar-refractivity contribution in [3.05, 3.63) is 0 Å². The largest absolute Gasteiger partial charge is 0.379 e. The Morgan fingerprint density at radius 1 is 1.17 bits per heavy atom. The molecule has 4 N–H and O–H groups in total. The third-order valence-electron chi connectivity index (χ3n) is 7.89. The lowest BCUT2D eigenvalue weighted by atomic mass is 9.77. The minimum absolute atomic E-state index is 0.0311. The van der Waals surface area contributed by atoms with E-state index in [1.165, 1.54) is 32.1 Å². The van der Waals surface area contributed by atoms with Gasteiger partial charge in [-0.2, -0.15) is 0 Å². The molecule has 0 aromatic carbocycles. The van der Waals surface area contributed by atoms with Gasteiger partial charge in [0.2, 0.25) is 5.91 Å². The fourth-order valence-electron chi connectivity index (χ4n) is 5.92. The zero-order valence-corrected chi connectivity index (χ0v) is 19.7. The highest BCUT2D eigenvalue weighted by Crippen LogP contribution is 2.36. The maximum atomic E-state index is 13.1. The van der Waals surface area contributed by atoms with Gasteiger partial charge >= 0.3 is 0 Å². The molecule has 2 saturated heterocycles. The van der Waals surface area contributed by atoms with Gasteiger partial charge in [-0.1, -0.05) is 19.8 Å². The number of fused-ring (bicyclic) bond motifs is 1. The van der Waals surface area contributed by atoms with Gasteiger partial charge in [0, 0.05) is 18.4 Å². The first kappa shape index (κ1) is 22.8. The van der Waals surface area contributed by atoms with Gasteiger partial charge in [-0.05, 0) is 63.8 Å². The van der Waals surface area contributed by atoms with Crippen molar-refractivity contribution < 1.29 is 9.53 Å². The average Bonchev–Trinajstić information content (AvgIpc) is 3.17. The van der Waals surface area contributed by atoms with E-state index >= 15 is 0 Å². The van der Waals surface area contributed by atoms with Gasteiger partial charge in [0.15, 0.2) is 0 Å². The average molecular weight is 440 g/mol. The third-order valence-corrected chi connectivity index (χ3v) is 9.44. The molecule has 4 rings (SSSR count). The van der Waals surface area contributed by atoms with E-state index in [0.717, 1.165) is 38.3 Å². The predicted molar refractivity (Wildman–Crippen MR) is 122 cm³/mol. The van der Waals surface area contributed by atoms with Crippen molar-refractivity contribution in [1.82, 2.24) is 26.4 Å². The molecule has 4 fully saturated rings. The Bertz CT molecular complexity index is 582. The minimum atomic E-state index is -0.0311. The van der Waals surface area contributed by atoms with Crippen LogP contribution in [0.15, 0.2) is 0 Å². The number of nitrogens with zero attached hydrogens (tertiary/aromatic N) is 1. The van der Waals surface area contributed by atoms with E-state index in [0.29, 0.717) is 22.7 Å². The lowest BCUT2D eigenvalue weighted by Crippen LogP contribution is -2.58. The maximum absolute atomic E-state index is 13.1. The Hall–Kier alpha value is -0.380. The number of piperidine rings is 1. The van der Waals surface area contributed by atoms with E-state index < -0.39 is 0 Å². The van der Waals surface area contributed by atoms with E-state index in [2.05, 4.69) is 40.4 Å². The second-order valence-electron chi connectivity index (χ2n) is 9.84. The fraction of sp³-hybridized carbons (Fsp3) is 0.955. The van der Waals surface area contributed by atoms with Crippen molar-refractivity contribution in [3.63, 3.8) is 0 Å². The molecule has 0 aromatic rings. The van der Waals surface area contributed by atoms with Crippen molar-refractivity contribution in [2.45, 2.75) is 99.7 Å². The Morgan fingerprint density at radius 2 is 2.00 bits per heavy atom. The number of carbonyl (C=O) groups is 1. The van der Waals surface area contributed by atoms with Crippen molar-refractivity contribution >= 4 is 17.7 Å². The van der Waals surface area contributed by atoms with Crippen molar-refractivity contribution in [3.8, 4) is 0 Å². The molecule has 8 heteroatoms. The highest BCUT2D eigenvalue weighted by molar-refractivity contribution is 8.00. The molecule has 30 heavy (non-hydrogen) atoms. The van der Waals surface area contributed by atoms with Gasteiger partial charge < -0.3 is 15.4 Å². The number of rotatable bonds is 6. The molecule has 0 radical (unpaired) electrons. The summed E-state index contributed by atoms with van der Waals surface area (Å²) in [5, 5.41) is 7.61. The maximum Gasteiger partial charge on any atom is 0.237 e. The zero-order chi connectivity index (χ0) is 21.1. The van der Waals surface area contributed by atoms with Crippen molar-refractivity contribution in [1.29, 1.82) is 0 Å². The Morgan fingerprint density at radius 3 is 2.77 bits per heavy atom. The number of ether oxygens (including phenoxy) is 1. The Balaban J connectivity index is 1.31. The minimum Gasteiger partial charge on any atom is -0.379 e. The number of carbonyl (C=O) groups excluding carboxylic acids is 1. The number of thioether (sulfide) groups is 1. The first-order valence-electron chi connectivity index (χ1n) is 12.0. The summed E-state index contributed by atoms with van der Waals surface area (Å²) in [4.78, 5) is 15.4. The number of hydrogen-bond donors (Lipinski definition) is 4. The molecule has 2 aliphatic carbocycles. The van der Waals surface area contributed by atoms with Gasteiger partial charge in [0.1, 0.15) is 5.50 Å². The summed E-state index contributed by atoms with van der Waals surface area (Å²) < 4.78 is 5.78. The predicted octanol–water partition coefficient (Wildman–Crippen LogP) is 2.00. The van der Waals surface area contributed by atoms with Gasteiger partial charge in [-0.15, -0.1) is 11.8 Å². The molecular weight excluding hydrogens is 398 g/mol. The summed E-state index contributed by atoms with van der Waals surface area (Å²) in [5.41, 5.74) is 6.86. The third kappa shape index (κ3) is 5.33. The highest BCUT2D eigenvalue weighted by atomic mass is 32.2. The summed E-state index contributed by atoms with van der Waals surface area (Å²) in [6.45, 7) is 3.21. The van der Waals surface area contributed by atoms with Crippen LogP contribution >= 0.6 is 11.8 Å². The van der Waals surface area contributed by atoms with Gasteiger partial charge in [-0.3, -0.25) is 9.69 Å². The van der Waals surface area contributed by atoms with Crippen LogP contribution in [0.25, 0.3) is 0 Å². The number of hydrogen-bond acceptors (Lipinski definition) is 7. The number of hydrazine groups is 1. The summed E-state index contributed by atoms with van der Waals surface area (Å²) in [6.07, 6.45) is 10.7. The van der Waals surface area contributed by atoms with E-state index in [-0.39, 0.29) is 24.1 Å². The molecule has 172 valence electrons. The standard InChI is InChI=1S/C22H41N5O2S/c1-14(30-22-26-23-13-27(22)2)16-9-11-20(29-3)19(12-16)25-21(28)18-10-8-15-6-4-5-7-17(15)24-18/h14-20,22-24,26H,4-13H2,1-3H3,(H,25,28). The molecular formula is C22H41N5O2S. The Kier molecular flexibility index (Phi) is 7.97. The second-order valence-corrected chi connectivity index (χ2v) is 11.3. The quantitative estimate of drug-likeness (QED) is 0.504. The normalized spacial score (nSPS) is 41.2. The number of amides is 1. The van der Waals surface area contributed by atoms with Crippen LogP contribution in [-0.4, -0.2) is 66.6 Å². The van der Waals surface area contributed by atoms with E-state index in [1.54, 1.807) is 7.11 Å². The highest BCUT2D eigenvalue weighted by Gasteiger charge is 2.39. The van der Waals surface area contributed by atoms with Crippen LogP contribution in [0.2, 0.25) is 0 Å². The molecule has 0 bridgehead atoms. The summed E-state index contributed by atoms with van der Waals surface area (Å²) in [7, 11) is 3.92. The first-order valence-corrected chi connectivity index (χ1v) is 12.9. The van der Waals surface area contributed by atoms with E-state index in [4.69, 9.17) is 4.74 Å². The molecule has 4 aliphatic rings. The summed E-state index contributed by atoms with van der Waals surface area (Å²) >= 11 is 1.98. The van der Waals surface area contributed by atoms with Crippen molar-refractivity contribution in [2.24, 2.45) is 11.8 Å². The molecule has 7 nitrogen and oxygen atoms in total. The van der Waals surface area contributed by atoms with E-state index in [1.807, 2.05) is 11.8 Å². The second kappa shape index (κ2) is 10.5. The SMILES string of the molecule is COC1CCC(C(C)SC2NNCN2C)CC1NC(=O)C1CCC2CCCCC2N1. The molecule has 0 aromatic heterocycles. The van der Waals surface area contributed by atoms with Crippen molar-refractivity contribution in [2.75, 3.05) is 20.8 Å². The van der Waals surface area contributed by atoms with Crippen LogP contribution in [0.1, 0.15) is 64.7 Å². The van der Waals surface area contributed by atoms with E-state index in [9.17, 15) is 4.79 Å². The molecule has 2 saturated carbocycles. The molecule has 8 unspecified atom stereocenters. The monoisotopic (exact) mass is 439 g/mol. The molecule has 2 heterocycles. The Labute approximate surface area is 186 Å². The molecule has 2 aliphatic heterocycles. The van der Waals surface area contributed by atoms with Crippen LogP contribution in [0.4, 0.5) is 0 Å². The van der Waals surface area contributed by atoms with Crippen LogP contribution in [0.5, 0.6) is 0 Å². The van der Waals surface area contributed by atoms with Gasteiger partial charge in [-0.25, -0.2) is 10.9 Å². The fourth-order valence-corrected chi connectivity index (χ4v) is 7.23. The zero-order valence-electron chi connectivity index (χ0n) is 18.9. The first-order chi connectivity index (χ1) is 14.5. The lowest BCUT2D eigenvalue weighted by Gasteiger charge is -2.42. The smallest absolute Gasteiger partial charge is 0.237 e. The molecule has 8 atom stereocenters. The van der Waals surface area contributed by atoms with Crippen LogP contribution < -0.4 is 21.5 Å². The lowest BCUT2D eigenvalue weighted by molar-refractivity contribution is -0.127.